The van der Waals surface area contributed by atoms with Crippen LogP contribution in [0.1, 0.15) is 6.42 Å². The zero-order valence-corrected chi connectivity index (χ0v) is 12.9. The van der Waals surface area contributed by atoms with Crippen LogP contribution in [0.5, 0.6) is 0 Å². The summed E-state index contributed by atoms with van der Waals surface area (Å²) in [4.78, 5) is 0.222. The van der Waals surface area contributed by atoms with Crippen molar-refractivity contribution in [2.75, 3.05) is 20.3 Å². The van der Waals surface area contributed by atoms with Crippen molar-refractivity contribution in [3.63, 3.8) is 0 Å². The van der Waals surface area contributed by atoms with E-state index in [4.69, 9.17) is 9.84 Å². The number of rotatable bonds is 7. The van der Waals surface area contributed by atoms with E-state index >= 15 is 0 Å². The second-order valence-corrected chi connectivity index (χ2v) is 6.64. The number of methoxy groups -OCH3 is 1. The minimum Gasteiger partial charge on any atom is -0.396 e. The average Bonchev–Trinajstić information content (AvgIpc) is 2.84. The molecule has 0 amide bonds. The standard InChI is InChI=1S/C14H20N2O4S/c1-16-7-5-11-9-13(3-4-14(11)16)21(18,19)15-10-12(20-2)6-8-17/h3-5,7,9,12,15,17H,6,8,10H2,1-2H3. The maximum atomic E-state index is 12.3. The third-order valence-corrected chi connectivity index (χ3v) is 4.87. The van der Waals surface area contributed by atoms with E-state index < -0.39 is 10.0 Å². The molecule has 6 nitrogen and oxygen atoms in total. The molecule has 1 heterocycles. The number of nitrogens with zero attached hydrogens (tertiary/aromatic N) is 1. The van der Waals surface area contributed by atoms with Crippen molar-refractivity contribution in [3.8, 4) is 0 Å². The molecule has 1 atom stereocenters. The summed E-state index contributed by atoms with van der Waals surface area (Å²) in [5.74, 6) is 0. The first-order chi connectivity index (χ1) is 9.97. The number of ether oxygens (including phenoxy) is 1. The molecule has 116 valence electrons. The molecule has 1 unspecified atom stereocenters. The quantitative estimate of drug-likeness (QED) is 0.794. The Bertz CT molecular complexity index is 709. The molecule has 1 aromatic heterocycles. The third-order valence-electron chi connectivity index (χ3n) is 3.45. The number of fused-ring (bicyclic) bond motifs is 1. The SMILES string of the molecule is COC(CCO)CNS(=O)(=O)c1ccc2c(ccn2C)c1. The number of hydrogen-bond acceptors (Lipinski definition) is 4. The molecule has 2 rings (SSSR count). The lowest BCUT2D eigenvalue weighted by Crippen LogP contribution is -2.33. The maximum Gasteiger partial charge on any atom is 0.240 e. The Morgan fingerprint density at radius 1 is 1.38 bits per heavy atom. The molecule has 2 aromatic rings. The molecule has 1 aromatic carbocycles. The van der Waals surface area contributed by atoms with Crippen molar-refractivity contribution in [2.45, 2.75) is 17.4 Å². The fourth-order valence-corrected chi connectivity index (χ4v) is 3.26. The molecule has 0 aliphatic carbocycles. The van der Waals surface area contributed by atoms with Crippen LogP contribution < -0.4 is 4.72 Å². The number of aliphatic hydroxyl groups excluding tert-OH is 1. The maximum absolute atomic E-state index is 12.3. The van der Waals surface area contributed by atoms with Gasteiger partial charge in [-0.2, -0.15) is 0 Å². The third kappa shape index (κ3) is 3.62. The predicted octanol–water partition coefficient (Wildman–Crippen LogP) is 0.854. The number of hydrogen-bond donors (Lipinski definition) is 2. The number of nitrogens with one attached hydrogen (secondary N) is 1. The largest absolute Gasteiger partial charge is 0.396 e. The molecular formula is C14H20N2O4S. The van der Waals surface area contributed by atoms with Crippen molar-refractivity contribution in [3.05, 3.63) is 30.5 Å². The number of aryl methyl sites for hydroxylation is 1. The zero-order chi connectivity index (χ0) is 15.5. The van der Waals surface area contributed by atoms with E-state index in [9.17, 15) is 8.42 Å². The number of sulfonamides is 1. The lowest BCUT2D eigenvalue weighted by atomic mass is 10.2. The van der Waals surface area contributed by atoms with Crippen LogP contribution in [0.3, 0.4) is 0 Å². The Kier molecular flexibility index (Phi) is 5.00. The van der Waals surface area contributed by atoms with Gasteiger partial charge in [-0.15, -0.1) is 0 Å². The highest BCUT2D eigenvalue weighted by Crippen LogP contribution is 2.19. The van der Waals surface area contributed by atoms with E-state index in [1.807, 2.05) is 23.9 Å². The van der Waals surface area contributed by atoms with E-state index in [-0.39, 0.29) is 24.2 Å². The Balaban J connectivity index is 2.17. The average molecular weight is 312 g/mol. The van der Waals surface area contributed by atoms with Gasteiger partial charge in [0.2, 0.25) is 10.0 Å². The van der Waals surface area contributed by atoms with Crippen molar-refractivity contribution in [2.24, 2.45) is 7.05 Å². The first-order valence-corrected chi connectivity index (χ1v) is 8.14. The second-order valence-electron chi connectivity index (χ2n) is 4.87. The van der Waals surface area contributed by atoms with Gasteiger partial charge < -0.3 is 14.4 Å². The van der Waals surface area contributed by atoms with E-state index in [1.165, 1.54) is 7.11 Å². The number of aliphatic hydroxyl groups is 1. The summed E-state index contributed by atoms with van der Waals surface area (Å²) >= 11 is 0. The molecule has 0 saturated carbocycles. The van der Waals surface area contributed by atoms with Gasteiger partial charge in [0.1, 0.15) is 0 Å². The molecule has 0 aliphatic heterocycles. The first kappa shape index (κ1) is 16.0. The van der Waals surface area contributed by atoms with Gasteiger partial charge in [-0.3, -0.25) is 0 Å². The van der Waals surface area contributed by atoms with Gasteiger partial charge in [-0.1, -0.05) is 0 Å². The Hall–Kier alpha value is -1.41. The normalized spacial score (nSPS) is 13.7. The molecule has 7 heteroatoms. The summed E-state index contributed by atoms with van der Waals surface area (Å²) in [6.45, 7) is 0.0857. The van der Waals surface area contributed by atoms with Gasteiger partial charge in [0, 0.05) is 44.4 Å². The van der Waals surface area contributed by atoms with Crippen molar-refractivity contribution < 1.29 is 18.3 Å². The van der Waals surface area contributed by atoms with Gasteiger partial charge in [-0.25, -0.2) is 13.1 Å². The van der Waals surface area contributed by atoms with Crippen LogP contribution in [0.4, 0.5) is 0 Å². The van der Waals surface area contributed by atoms with E-state index in [1.54, 1.807) is 18.2 Å². The number of aromatic nitrogens is 1. The highest BCUT2D eigenvalue weighted by atomic mass is 32.2. The summed E-state index contributed by atoms with van der Waals surface area (Å²) in [5, 5.41) is 9.75. The van der Waals surface area contributed by atoms with E-state index in [2.05, 4.69) is 4.72 Å². The molecule has 0 fully saturated rings. The van der Waals surface area contributed by atoms with Crippen LogP contribution in [0.2, 0.25) is 0 Å². The monoisotopic (exact) mass is 312 g/mol. The Morgan fingerprint density at radius 2 is 2.14 bits per heavy atom. The molecule has 0 bridgehead atoms. The molecule has 0 radical (unpaired) electrons. The van der Waals surface area contributed by atoms with Gasteiger partial charge >= 0.3 is 0 Å². The van der Waals surface area contributed by atoms with E-state index in [0.29, 0.717) is 6.42 Å². The highest BCUT2D eigenvalue weighted by molar-refractivity contribution is 7.89. The summed E-state index contributed by atoms with van der Waals surface area (Å²) in [6, 6.07) is 6.88. The minimum atomic E-state index is -3.59. The summed E-state index contributed by atoms with van der Waals surface area (Å²) < 4.78 is 34.1. The van der Waals surface area contributed by atoms with Crippen molar-refractivity contribution in [1.29, 1.82) is 0 Å². The van der Waals surface area contributed by atoms with Gasteiger partial charge in [0.15, 0.2) is 0 Å². The van der Waals surface area contributed by atoms with Crippen molar-refractivity contribution >= 4 is 20.9 Å². The van der Waals surface area contributed by atoms with Gasteiger partial charge in [0.05, 0.1) is 11.0 Å². The summed E-state index contributed by atoms with van der Waals surface area (Å²) in [7, 11) is -0.187. The zero-order valence-electron chi connectivity index (χ0n) is 12.1. The fourth-order valence-electron chi connectivity index (χ4n) is 2.16. The fraction of sp³-hybridized carbons (Fsp3) is 0.429. The molecule has 0 saturated heterocycles. The Morgan fingerprint density at radius 3 is 2.81 bits per heavy atom. The molecule has 21 heavy (non-hydrogen) atoms. The molecular weight excluding hydrogens is 292 g/mol. The second kappa shape index (κ2) is 6.57. The minimum absolute atomic E-state index is 0.0454. The number of benzene rings is 1. The lowest BCUT2D eigenvalue weighted by Gasteiger charge is -2.15. The van der Waals surface area contributed by atoms with E-state index in [0.717, 1.165) is 10.9 Å². The van der Waals surface area contributed by atoms with Gasteiger partial charge in [-0.05, 0) is 30.7 Å². The predicted molar refractivity (Wildman–Crippen MR) is 80.6 cm³/mol. The highest BCUT2D eigenvalue weighted by Gasteiger charge is 2.17. The van der Waals surface area contributed by atoms with Crippen LogP contribution in [-0.2, 0) is 21.8 Å². The van der Waals surface area contributed by atoms with Crippen LogP contribution in [0.25, 0.3) is 10.9 Å². The molecule has 2 N–H and O–H groups in total. The topological polar surface area (TPSA) is 80.6 Å². The van der Waals surface area contributed by atoms with Crippen LogP contribution in [0, 0.1) is 0 Å². The molecule has 0 aliphatic rings. The molecule has 0 spiro atoms. The smallest absolute Gasteiger partial charge is 0.240 e. The van der Waals surface area contributed by atoms with Crippen molar-refractivity contribution in [1.82, 2.24) is 9.29 Å². The summed E-state index contributed by atoms with van der Waals surface area (Å²) in [5.41, 5.74) is 0.976. The lowest BCUT2D eigenvalue weighted by molar-refractivity contribution is 0.0812. The summed E-state index contributed by atoms with van der Waals surface area (Å²) in [6.07, 6.45) is 1.93. The Labute approximate surface area is 124 Å². The van der Waals surface area contributed by atoms with Gasteiger partial charge in [0.25, 0.3) is 0 Å². The van der Waals surface area contributed by atoms with Crippen LogP contribution >= 0.6 is 0 Å². The van der Waals surface area contributed by atoms with Crippen LogP contribution in [-0.4, -0.2) is 44.5 Å². The first-order valence-electron chi connectivity index (χ1n) is 6.66. The van der Waals surface area contributed by atoms with Crippen LogP contribution in [0.15, 0.2) is 35.4 Å².